The summed E-state index contributed by atoms with van der Waals surface area (Å²) in [6, 6.07) is 6.18. The molecular weight excluding hydrogens is 254 g/mol. The summed E-state index contributed by atoms with van der Waals surface area (Å²) in [4.78, 5) is 0. The van der Waals surface area contributed by atoms with E-state index in [0.29, 0.717) is 6.61 Å². The number of hydrogen-bond acceptors (Lipinski definition) is 4. The third-order valence-corrected chi connectivity index (χ3v) is 3.83. The maximum Gasteiger partial charge on any atom is 0.161 e. The second-order valence-electron chi connectivity index (χ2n) is 5.26. The first kappa shape index (κ1) is 15.1. The smallest absolute Gasteiger partial charge is 0.161 e. The van der Waals surface area contributed by atoms with E-state index < -0.39 is 0 Å². The standard InChI is InChI=1S/C16H25NO3/c1-3-20-16-10-12(8-9-15(16)19-2)11-17-13-6-4-5-7-14(13)18/h8-10,13-14,17-18H,3-7,11H2,1-2H3. The van der Waals surface area contributed by atoms with Gasteiger partial charge in [-0.05, 0) is 37.5 Å². The fourth-order valence-electron chi connectivity index (χ4n) is 2.70. The van der Waals surface area contributed by atoms with Crippen LogP contribution in [0.4, 0.5) is 0 Å². The second kappa shape index (κ2) is 7.50. The predicted molar refractivity (Wildman–Crippen MR) is 79.3 cm³/mol. The number of methoxy groups -OCH3 is 1. The van der Waals surface area contributed by atoms with Crippen LogP contribution >= 0.6 is 0 Å². The molecule has 2 atom stereocenters. The Balaban J connectivity index is 1.96. The van der Waals surface area contributed by atoms with Crippen LogP contribution in [0.15, 0.2) is 18.2 Å². The van der Waals surface area contributed by atoms with Gasteiger partial charge in [0.15, 0.2) is 11.5 Å². The van der Waals surface area contributed by atoms with Gasteiger partial charge >= 0.3 is 0 Å². The lowest BCUT2D eigenvalue weighted by Gasteiger charge is -2.28. The van der Waals surface area contributed by atoms with Crippen molar-refractivity contribution in [3.05, 3.63) is 23.8 Å². The van der Waals surface area contributed by atoms with Crippen molar-refractivity contribution in [2.24, 2.45) is 0 Å². The zero-order chi connectivity index (χ0) is 14.4. The predicted octanol–water partition coefficient (Wildman–Crippen LogP) is 2.49. The maximum atomic E-state index is 9.96. The van der Waals surface area contributed by atoms with Gasteiger partial charge in [-0.15, -0.1) is 0 Å². The van der Waals surface area contributed by atoms with Crippen LogP contribution in [0.2, 0.25) is 0 Å². The lowest BCUT2D eigenvalue weighted by Crippen LogP contribution is -2.41. The number of nitrogens with one attached hydrogen (secondary N) is 1. The van der Waals surface area contributed by atoms with Gasteiger partial charge in [0.1, 0.15) is 0 Å². The number of rotatable bonds is 6. The molecular formula is C16H25NO3. The van der Waals surface area contributed by atoms with Crippen molar-refractivity contribution in [2.75, 3.05) is 13.7 Å². The lowest BCUT2D eigenvalue weighted by molar-refractivity contribution is 0.0902. The molecule has 2 rings (SSSR count). The van der Waals surface area contributed by atoms with E-state index in [9.17, 15) is 5.11 Å². The molecule has 0 spiro atoms. The molecule has 1 aliphatic rings. The lowest BCUT2D eigenvalue weighted by atomic mass is 9.92. The number of aliphatic hydroxyl groups excluding tert-OH is 1. The van der Waals surface area contributed by atoms with Crippen LogP contribution in [0.1, 0.15) is 38.2 Å². The molecule has 20 heavy (non-hydrogen) atoms. The van der Waals surface area contributed by atoms with Crippen molar-refractivity contribution in [2.45, 2.75) is 51.3 Å². The van der Waals surface area contributed by atoms with E-state index in [2.05, 4.69) is 5.32 Å². The molecule has 0 saturated heterocycles. The number of aliphatic hydroxyl groups is 1. The molecule has 1 aromatic carbocycles. The minimum Gasteiger partial charge on any atom is -0.493 e. The summed E-state index contributed by atoms with van der Waals surface area (Å²) in [5, 5.41) is 13.4. The van der Waals surface area contributed by atoms with E-state index in [0.717, 1.165) is 42.9 Å². The third kappa shape index (κ3) is 3.87. The van der Waals surface area contributed by atoms with Gasteiger partial charge in [-0.25, -0.2) is 0 Å². The molecule has 0 radical (unpaired) electrons. The first-order chi connectivity index (χ1) is 9.74. The Labute approximate surface area is 121 Å². The van der Waals surface area contributed by atoms with Crippen molar-refractivity contribution in [1.82, 2.24) is 5.32 Å². The second-order valence-corrected chi connectivity index (χ2v) is 5.26. The summed E-state index contributed by atoms with van der Waals surface area (Å²) < 4.78 is 10.9. The van der Waals surface area contributed by atoms with Crippen LogP contribution in [-0.2, 0) is 6.54 Å². The first-order valence-corrected chi connectivity index (χ1v) is 7.45. The highest BCUT2D eigenvalue weighted by atomic mass is 16.5. The Bertz CT molecular complexity index is 422. The number of hydrogen-bond donors (Lipinski definition) is 2. The molecule has 4 heteroatoms. The summed E-state index contributed by atoms with van der Waals surface area (Å²) in [6.07, 6.45) is 4.08. The largest absolute Gasteiger partial charge is 0.493 e. The average molecular weight is 279 g/mol. The molecule has 1 aliphatic carbocycles. The monoisotopic (exact) mass is 279 g/mol. The van der Waals surface area contributed by atoms with Crippen LogP contribution in [-0.4, -0.2) is 31.0 Å². The van der Waals surface area contributed by atoms with Gasteiger partial charge in [0, 0.05) is 12.6 Å². The Morgan fingerprint density at radius 3 is 2.75 bits per heavy atom. The average Bonchev–Trinajstić information content (AvgIpc) is 2.47. The topological polar surface area (TPSA) is 50.7 Å². The Kier molecular flexibility index (Phi) is 5.68. The van der Waals surface area contributed by atoms with E-state index in [1.165, 1.54) is 6.42 Å². The Hall–Kier alpha value is -1.26. The van der Waals surface area contributed by atoms with Gasteiger partial charge in [0.05, 0.1) is 19.8 Å². The molecule has 1 aromatic rings. The quantitative estimate of drug-likeness (QED) is 0.840. The van der Waals surface area contributed by atoms with Gasteiger partial charge in [0.25, 0.3) is 0 Å². The van der Waals surface area contributed by atoms with E-state index in [4.69, 9.17) is 9.47 Å². The molecule has 1 saturated carbocycles. The summed E-state index contributed by atoms with van der Waals surface area (Å²) >= 11 is 0. The van der Waals surface area contributed by atoms with Crippen LogP contribution in [0.3, 0.4) is 0 Å². The molecule has 1 fully saturated rings. The van der Waals surface area contributed by atoms with Gasteiger partial charge in [-0.2, -0.15) is 0 Å². The highest BCUT2D eigenvalue weighted by molar-refractivity contribution is 5.42. The van der Waals surface area contributed by atoms with Gasteiger partial charge in [-0.3, -0.25) is 0 Å². The molecule has 0 aromatic heterocycles. The van der Waals surface area contributed by atoms with Gasteiger partial charge < -0.3 is 19.9 Å². The molecule has 0 amide bonds. The van der Waals surface area contributed by atoms with E-state index in [1.54, 1.807) is 7.11 Å². The Morgan fingerprint density at radius 2 is 2.05 bits per heavy atom. The molecule has 0 aliphatic heterocycles. The van der Waals surface area contributed by atoms with Crippen LogP contribution < -0.4 is 14.8 Å². The summed E-state index contributed by atoms with van der Waals surface area (Å²) in [5.41, 5.74) is 1.15. The highest BCUT2D eigenvalue weighted by Gasteiger charge is 2.22. The van der Waals surface area contributed by atoms with Crippen molar-refractivity contribution in [3.63, 3.8) is 0 Å². The zero-order valence-corrected chi connectivity index (χ0v) is 12.4. The van der Waals surface area contributed by atoms with Crippen LogP contribution in [0, 0.1) is 0 Å². The van der Waals surface area contributed by atoms with Crippen molar-refractivity contribution < 1.29 is 14.6 Å². The molecule has 0 heterocycles. The molecule has 0 bridgehead atoms. The van der Waals surface area contributed by atoms with Crippen molar-refractivity contribution in [3.8, 4) is 11.5 Å². The third-order valence-electron chi connectivity index (χ3n) is 3.83. The van der Waals surface area contributed by atoms with Gasteiger partial charge in [-0.1, -0.05) is 18.9 Å². The number of ether oxygens (including phenoxy) is 2. The minimum atomic E-state index is -0.214. The maximum absolute atomic E-state index is 9.96. The van der Waals surface area contributed by atoms with Crippen molar-refractivity contribution in [1.29, 1.82) is 0 Å². The molecule has 2 N–H and O–H groups in total. The SMILES string of the molecule is CCOc1cc(CNC2CCCCC2O)ccc1OC. The summed E-state index contributed by atoms with van der Waals surface area (Å²) in [5.74, 6) is 1.53. The fourth-order valence-corrected chi connectivity index (χ4v) is 2.70. The molecule has 4 nitrogen and oxygen atoms in total. The molecule has 2 unspecified atom stereocenters. The van der Waals surface area contributed by atoms with Crippen LogP contribution in [0.5, 0.6) is 11.5 Å². The van der Waals surface area contributed by atoms with E-state index >= 15 is 0 Å². The van der Waals surface area contributed by atoms with Gasteiger partial charge in [0.2, 0.25) is 0 Å². The fraction of sp³-hybridized carbons (Fsp3) is 0.625. The van der Waals surface area contributed by atoms with Crippen LogP contribution in [0.25, 0.3) is 0 Å². The summed E-state index contributed by atoms with van der Waals surface area (Å²) in [6.45, 7) is 3.32. The molecule has 112 valence electrons. The Morgan fingerprint density at radius 1 is 1.25 bits per heavy atom. The minimum absolute atomic E-state index is 0.210. The van der Waals surface area contributed by atoms with E-state index in [1.807, 2.05) is 25.1 Å². The normalized spacial score (nSPS) is 22.6. The summed E-state index contributed by atoms with van der Waals surface area (Å²) in [7, 11) is 1.65. The number of benzene rings is 1. The zero-order valence-electron chi connectivity index (χ0n) is 12.4. The van der Waals surface area contributed by atoms with Crippen molar-refractivity contribution >= 4 is 0 Å². The highest BCUT2D eigenvalue weighted by Crippen LogP contribution is 2.28. The van der Waals surface area contributed by atoms with E-state index in [-0.39, 0.29) is 12.1 Å². The first-order valence-electron chi connectivity index (χ1n) is 7.45.